The van der Waals surface area contributed by atoms with Crippen molar-refractivity contribution in [3.63, 3.8) is 0 Å². The molecule has 2 N–H and O–H groups in total. The second-order valence-corrected chi connectivity index (χ2v) is 6.07. The van der Waals surface area contributed by atoms with E-state index >= 15 is 0 Å². The van der Waals surface area contributed by atoms with Crippen molar-refractivity contribution >= 4 is 6.09 Å². The molecule has 19 heavy (non-hydrogen) atoms. The van der Waals surface area contributed by atoms with E-state index in [-0.39, 0.29) is 19.5 Å². The Labute approximate surface area is 113 Å². The van der Waals surface area contributed by atoms with Crippen LogP contribution >= 0.6 is 0 Å². The standard InChI is InChI=1S/C13H24F2N2O2/c1-12(2,3)19-11(18)17-8-6-13(14,15)10(9-17)5-4-7-16/h10H,4-9,16H2,1-3H3. The topological polar surface area (TPSA) is 55.6 Å². The van der Waals surface area contributed by atoms with Gasteiger partial charge in [-0.3, -0.25) is 0 Å². The van der Waals surface area contributed by atoms with Crippen LogP contribution < -0.4 is 5.73 Å². The predicted octanol–water partition coefficient (Wildman–Crippen LogP) is 2.62. The molecule has 6 heteroatoms. The minimum Gasteiger partial charge on any atom is -0.444 e. The zero-order valence-corrected chi connectivity index (χ0v) is 11.9. The number of carbonyl (C=O) groups excluding carboxylic acids is 1. The largest absolute Gasteiger partial charge is 0.444 e. The summed E-state index contributed by atoms with van der Waals surface area (Å²) in [6.45, 7) is 5.75. The first-order valence-corrected chi connectivity index (χ1v) is 6.71. The highest BCUT2D eigenvalue weighted by Gasteiger charge is 2.45. The molecule has 0 aromatic rings. The monoisotopic (exact) mass is 278 g/mol. The maximum absolute atomic E-state index is 13.7. The smallest absolute Gasteiger partial charge is 0.410 e. The van der Waals surface area contributed by atoms with Gasteiger partial charge in [-0.15, -0.1) is 0 Å². The Bertz CT molecular complexity index is 316. The summed E-state index contributed by atoms with van der Waals surface area (Å²) in [6.07, 6.45) is 0.0629. The van der Waals surface area contributed by atoms with Crippen molar-refractivity contribution in [2.45, 2.75) is 51.6 Å². The molecule has 0 aromatic heterocycles. The molecule has 1 fully saturated rings. The van der Waals surface area contributed by atoms with Gasteiger partial charge in [-0.2, -0.15) is 0 Å². The summed E-state index contributed by atoms with van der Waals surface area (Å²) in [5, 5.41) is 0. The van der Waals surface area contributed by atoms with E-state index in [1.165, 1.54) is 4.90 Å². The highest BCUT2D eigenvalue weighted by molar-refractivity contribution is 5.68. The van der Waals surface area contributed by atoms with Crippen molar-refractivity contribution in [2.24, 2.45) is 11.7 Å². The maximum atomic E-state index is 13.7. The minimum absolute atomic E-state index is 0.0427. The number of alkyl halides is 2. The van der Waals surface area contributed by atoms with E-state index in [4.69, 9.17) is 10.5 Å². The van der Waals surface area contributed by atoms with Crippen molar-refractivity contribution in [3.8, 4) is 0 Å². The molecule has 1 atom stereocenters. The molecule has 0 aliphatic carbocycles. The van der Waals surface area contributed by atoms with Crippen LogP contribution in [-0.4, -0.2) is 42.2 Å². The molecule has 0 aromatic carbocycles. The number of ether oxygens (including phenoxy) is 1. The number of hydrogen-bond donors (Lipinski definition) is 1. The Kier molecular flexibility index (Phi) is 5.12. The van der Waals surface area contributed by atoms with Crippen LogP contribution in [0.2, 0.25) is 0 Å². The van der Waals surface area contributed by atoms with Gasteiger partial charge in [0.15, 0.2) is 0 Å². The summed E-state index contributed by atoms with van der Waals surface area (Å²) < 4.78 is 32.7. The van der Waals surface area contributed by atoms with Crippen LogP contribution in [0, 0.1) is 5.92 Å². The van der Waals surface area contributed by atoms with E-state index in [0.717, 1.165) is 0 Å². The first-order chi connectivity index (χ1) is 8.65. The highest BCUT2D eigenvalue weighted by Crippen LogP contribution is 2.36. The molecule has 0 radical (unpaired) electrons. The van der Waals surface area contributed by atoms with Gasteiger partial charge in [0.05, 0.1) is 0 Å². The van der Waals surface area contributed by atoms with Crippen LogP contribution in [0.4, 0.5) is 13.6 Å². The van der Waals surface area contributed by atoms with Gasteiger partial charge in [0.1, 0.15) is 5.60 Å². The average molecular weight is 278 g/mol. The number of piperidine rings is 1. The quantitative estimate of drug-likeness (QED) is 0.863. The van der Waals surface area contributed by atoms with Crippen LogP contribution in [0.25, 0.3) is 0 Å². The van der Waals surface area contributed by atoms with E-state index in [1.54, 1.807) is 20.8 Å². The Balaban J connectivity index is 2.61. The van der Waals surface area contributed by atoms with Crippen molar-refractivity contribution in [3.05, 3.63) is 0 Å². The molecule has 1 aliphatic heterocycles. The van der Waals surface area contributed by atoms with Gasteiger partial charge in [-0.1, -0.05) is 0 Å². The zero-order valence-electron chi connectivity index (χ0n) is 11.9. The SMILES string of the molecule is CC(C)(C)OC(=O)N1CCC(F)(F)C(CCCN)C1. The van der Waals surface area contributed by atoms with Crippen molar-refractivity contribution in [1.82, 2.24) is 4.90 Å². The van der Waals surface area contributed by atoms with E-state index < -0.39 is 23.5 Å². The molecule has 1 amide bonds. The van der Waals surface area contributed by atoms with Gasteiger partial charge >= 0.3 is 6.09 Å². The molecular weight excluding hydrogens is 254 g/mol. The van der Waals surface area contributed by atoms with Gasteiger partial charge < -0.3 is 15.4 Å². The molecule has 1 rings (SSSR count). The Morgan fingerprint density at radius 3 is 2.63 bits per heavy atom. The van der Waals surface area contributed by atoms with Crippen LogP contribution in [0.15, 0.2) is 0 Å². The lowest BCUT2D eigenvalue weighted by molar-refractivity contribution is -0.107. The normalized spacial score (nSPS) is 23.3. The first kappa shape index (κ1) is 16.1. The summed E-state index contributed by atoms with van der Waals surface area (Å²) in [5.41, 5.74) is 4.75. The number of nitrogens with two attached hydrogens (primary N) is 1. The first-order valence-electron chi connectivity index (χ1n) is 6.71. The van der Waals surface area contributed by atoms with E-state index in [2.05, 4.69) is 0 Å². The average Bonchev–Trinajstić information content (AvgIpc) is 2.24. The van der Waals surface area contributed by atoms with E-state index in [9.17, 15) is 13.6 Å². The molecule has 1 unspecified atom stereocenters. The van der Waals surface area contributed by atoms with Crippen LogP contribution in [0.1, 0.15) is 40.0 Å². The second kappa shape index (κ2) is 6.03. The molecule has 4 nitrogen and oxygen atoms in total. The number of likely N-dealkylation sites (tertiary alicyclic amines) is 1. The van der Waals surface area contributed by atoms with Gasteiger partial charge in [-0.25, -0.2) is 13.6 Å². The van der Waals surface area contributed by atoms with Crippen LogP contribution in [0.5, 0.6) is 0 Å². The van der Waals surface area contributed by atoms with Gasteiger partial charge in [0, 0.05) is 25.4 Å². The summed E-state index contributed by atoms with van der Waals surface area (Å²) in [5.74, 6) is -3.54. The lowest BCUT2D eigenvalue weighted by atomic mass is 9.89. The number of carbonyl (C=O) groups is 1. The Morgan fingerprint density at radius 1 is 1.47 bits per heavy atom. The summed E-state index contributed by atoms with van der Waals surface area (Å²) in [6, 6.07) is 0. The number of halogens is 2. The number of hydrogen-bond acceptors (Lipinski definition) is 3. The molecule has 1 saturated heterocycles. The minimum atomic E-state index is -2.71. The third-order valence-corrected chi connectivity index (χ3v) is 3.16. The van der Waals surface area contributed by atoms with Gasteiger partial charge in [-0.05, 0) is 40.2 Å². The predicted molar refractivity (Wildman–Crippen MR) is 69.1 cm³/mol. The molecule has 112 valence electrons. The molecule has 1 aliphatic rings. The van der Waals surface area contributed by atoms with Crippen molar-refractivity contribution in [1.29, 1.82) is 0 Å². The second-order valence-electron chi connectivity index (χ2n) is 6.07. The number of amides is 1. The van der Waals surface area contributed by atoms with Gasteiger partial charge in [0.2, 0.25) is 0 Å². The summed E-state index contributed by atoms with van der Waals surface area (Å²) in [4.78, 5) is 13.3. The number of nitrogens with zero attached hydrogens (tertiary/aromatic N) is 1. The molecule has 0 bridgehead atoms. The lowest BCUT2D eigenvalue weighted by Crippen LogP contribution is -2.50. The fourth-order valence-corrected chi connectivity index (χ4v) is 2.14. The van der Waals surface area contributed by atoms with Crippen LogP contribution in [0.3, 0.4) is 0 Å². The van der Waals surface area contributed by atoms with E-state index in [1.807, 2.05) is 0 Å². The maximum Gasteiger partial charge on any atom is 0.410 e. The zero-order chi connectivity index (χ0) is 14.7. The third kappa shape index (κ3) is 4.93. The highest BCUT2D eigenvalue weighted by atomic mass is 19.3. The molecular formula is C13H24F2N2O2. The van der Waals surface area contributed by atoms with Crippen LogP contribution in [-0.2, 0) is 4.74 Å². The molecule has 0 spiro atoms. The summed E-state index contributed by atoms with van der Waals surface area (Å²) >= 11 is 0. The van der Waals surface area contributed by atoms with Crippen molar-refractivity contribution in [2.75, 3.05) is 19.6 Å². The van der Waals surface area contributed by atoms with E-state index in [0.29, 0.717) is 19.4 Å². The lowest BCUT2D eigenvalue weighted by Gasteiger charge is -2.38. The fourth-order valence-electron chi connectivity index (χ4n) is 2.14. The fraction of sp³-hybridized carbons (Fsp3) is 0.923. The Hall–Kier alpha value is -0.910. The van der Waals surface area contributed by atoms with Gasteiger partial charge in [0.25, 0.3) is 5.92 Å². The molecule has 0 saturated carbocycles. The molecule has 1 heterocycles. The summed E-state index contributed by atoms with van der Waals surface area (Å²) in [7, 11) is 0. The third-order valence-electron chi connectivity index (χ3n) is 3.16. The Morgan fingerprint density at radius 2 is 2.11 bits per heavy atom. The van der Waals surface area contributed by atoms with Crippen molar-refractivity contribution < 1.29 is 18.3 Å². The number of rotatable bonds is 3.